The van der Waals surface area contributed by atoms with E-state index in [9.17, 15) is 15.2 Å². The summed E-state index contributed by atoms with van der Waals surface area (Å²) in [5.41, 5.74) is 1.59. The van der Waals surface area contributed by atoms with E-state index in [-0.39, 0.29) is 22.6 Å². The molecule has 8 heteroatoms. The van der Waals surface area contributed by atoms with Crippen LogP contribution in [0.15, 0.2) is 53.2 Å². The van der Waals surface area contributed by atoms with Gasteiger partial charge in [0.05, 0.1) is 16.0 Å². The SMILES string of the molecule is N#Cc1c(-c2c(Cl)cccc2Cl)noc1/C=C/Nc1ccc(C(=O)[O-])cc1. The summed E-state index contributed by atoms with van der Waals surface area (Å²) < 4.78 is 5.24. The van der Waals surface area contributed by atoms with E-state index in [0.717, 1.165) is 0 Å². The van der Waals surface area contributed by atoms with Crippen molar-refractivity contribution in [2.24, 2.45) is 0 Å². The minimum atomic E-state index is -1.25. The first-order valence-electron chi connectivity index (χ1n) is 7.60. The van der Waals surface area contributed by atoms with E-state index < -0.39 is 5.97 Å². The number of nitrogens with zero attached hydrogens (tertiary/aromatic N) is 2. The minimum absolute atomic E-state index is 0.0767. The summed E-state index contributed by atoms with van der Waals surface area (Å²) in [6, 6.07) is 13.0. The molecule has 0 aliphatic heterocycles. The molecule has 1 N–H and O–H groups in total. The molecule has 0 fully saturated rings. The van der Waals surface area contributed by atoms with Gasteiger partial charge in [0.25, 0.3) is 0 Å². The van der Waals surface area contributed by atoms with Gasteiger partial charge in [-0.25, -0.2) is 0 Å². The zero-order chi connectivity index (χ0) is 19.4. The second-order valence-electron chi connectivity index (χ2n) is 5.32. The Morgan fingerprint density at radius 3 is 2.44 bits per heavy atom. The Morgan fingerprint density at radius 2 is 1.85 bits per heavy atom. The number of carbonyl (C=O) groups excluding carboxylic acids is 1. The Labute approximate surface area is 164 Å². The van der Waals surface area contributed by atoms with Crippen molar-refractivity contribution in [1.82, 2.24) is 5.16 Å². The van der Waals surface area contributed by atoms with Crippen molar-refractivity contribution in [3.8, 4) is 17.3 Å². The highest BCUT2D eigenvalue weighted by Gasteiger charge is 2.20. The third-order valence-corrected chi connectivity index (χ3v) is 4.27. The molecule has 1 aromatic heterocycles. The van der Waals surface area contributed by atoms with Crippen LogP contribution in [-0.2, 0) is 0 Å². The van der Waals surface area contributed by atoms with Gasteiger partial charge >= 0.3 is 0 Å². The lowest BCUT2D eigenvalue weighted by molar-refractivity contribution is -0.255. The quantitative estimate of drug-likeness (QED) is 0.697. The maximum absolute atomic E-state index is 10.7. The van der Waals surface area contributed by atoms with Crippen LogP contribution in [-0.4, -0.2) is 11.1 Å². The third kappa shape index (κ3) is 3.95. The monoisotopic (exact) mass is 398 g/mol. The Kier molecular flexibility index (Phi) is 5.46. The number of hydrogen-bond acceptors (Lipinski definition) is 6. The van der Waals surface area contributed by atoms with Crippen LogP contribution in [0.25, 0.3) is 17.3 Å². The molecule has 27 heavy (non-hydrogen) atoms. The number of rotatable bonds is 5. The van der Waals surface area contributed by atoms with Crippen molar-refractivity contribution >= 4 is 40.9 Å². The molecule has 0 radical (unpaired) electrons. The summed E-state index contributed by atoms with van der Waals surface area (Å²) in [7, 11) is 0. The normalized spacial score (nSPS) is 10.7. The second-order valence-corrected chi connectivity index (χ2v) is 6.14. The van der Waals surface area contributed by atoms with Crippen LogP contribution in [0.3, 0.4) is 0 Å². The number of nitrogens with one attached hydrogen (secondary N) is 1. The summed E-state index contributed by atoms with van der Waals surface area (Å²) >= 11 is 12.3. The summed E-state index contributed by atoms with van der Waals surface area (Å²) in [5.74, 6) is -1.02. The van der Waals surface area contributed by atoms with Crippen LogP contribution >= 0.6 is 23.2 Å². The highest BCUT2D eigenvalue weighted by Crippen LogP contribution is 2.36. The van der Waals surface area contributed by atoms with Crippen LogP contribution in [0.5, 0.6) is 0 Å². The first-order valence-corrected chi connectivity index (χ1v) is 8.35. The standard InChI is InChI=1S/C19H11Cl2N3O3/c20-14-2-1-3-15(21)17(14)18-13(10-22)16(27-24-18)8-9-23-12-6-4-11(5-7-12)19(25)26/h1-9,23H,(H,25,26)/p-1/b9-8+. The fourth-order valence-corrected chi connectivity index (χ4v) is 2.91. The average molecular weight is 399 g/mol. The molecule has 3 aromatic rings. The molecule has 0 aliphatic rings. The maximum Gasteiger partial charge on any atom is 0.179 e. The number of carboxylic acids is 1. The Morgan fingerprint density at radius 1 is 1.19 bits per heavy atom. The molecule has 0 spiro atoms. The lowest BCUT2D eigenvalue weighted by Gasteiger charge is -2.04. The number of halogens is 2. The van der Waals surface area contributed by atoms with Gasteiger partial charge in [0.1, 0.15) is 17.3 Å². The zero-order valence-corrected chi connectivity index (χ0v) is 15.1. The number of carbonyl (C=O) groups is 1. The van der Waals surface area contributed by atoms with Gasteiger partial charge in [0.2, 0.25) is 0 Å². The molecule has 0 saturated carbocycles. The fraction of sp³-hybridized carbons (Fsp3) is 0. The van der Waals surface area contributed by atoms with Gasteiger partial charge < -0.3 is 19.7 Å². The van der Waals surface area contributed by atoms with Gasteiger partial charge in [-0.3, -0.25) is 0 Å². The number of carboxylic acid groups (broad SMARTS) is 1. The van der Waals surface area contributed by atoms with Gasteiger partial charge in [0.15, 0.2) is 5.76 Å². The van der Waals surface area contributed by atoms with Gasteiger partial charge in [-0.1, -0.05) is 46.6 Å². The number of nitriles is 1. The number of benzene rings is 2. The minimum Gasteiger partial charge on any atom is -0.545 e. The molecule has 134 valence electrons. The Hall–Kier alpha value is -3.27. The van der Waals surface area contributed by atoms with E-state index >= 15 is 0 Å². The molecular weight excluding hydrogens is 389 g/mol. The van der Waals surface area contributed by atoms with E-state index in [1.54, 1.807) is 30.3 Å². The largest absolute Gasteiger partial charge is 0.545 e. The molecule has 0 bridgehead atoms. The molecule has 0 aliphatic carbocycles. The van der Waals surface area contributed by atoms with Crippen LogP contribution in [0, 0.1) is 11.3 Å². The average Bonchev–Trinajstić information content (AvgIpc) is 3.04. The first kappa shape index (κ1) is 18.5. The zero-order valence-electron chi connectivity index (χ0n) is 13.6. The molecule has 0 atom stereocenters. The molecule has 2 aromatic carbocycles. The van der Waals surface area contributed by atoms with Crippen molar-refractivity contribution in [2.75, 3.05) is 5.32 Å². The molecule has 0 unspecified atom stereocenters. The van der Waals surface area contributed by atoms with Crippen molar-refractivity contribution < 1.29 is 14.4 Å². The summed E-state index contributed by atoms with van der Waals surface area (Å²) in [5, 5.41) is 27.8. The molecule has 0 saturated heterocycles. The van der Waals surface area contributed by atoms with Gasteiger partial charge in [-0.2, -0.15) is 5.26 Å². The van der Waals surface area contributed by atoms with Crippen LogP contribution in [0.2, 0.25) is 10.0 Å². The summed E-state index contributed by atoms with van der Waals surface area (Å²) in [6.45, 7) is 0. The van der Waals surface area contributed by atoms with E-state index in [2.05, 4.69) is 10.5 Å². The highest BCUT2D eigenvalue weighted by atomic mass is 35.5. The fourth-order valence-electron chi connectivity index (χ4n) is 2.34. The van der Waals surface area contributed by atoms with Crippen molar-refractivity contribution in [3.63, 3.8) is 0 Å². The lowest BCUT2D eigenvalue weighted by atomic mass is 10.1. The number of aromatic nitrogens is 1. The number of anilines is 1. The molecule has 1 heterocycles. The van der Waals surface area contributed by atoms with E-state index in [1.807, 2.05) is 6.07 Å². The van der Waals surface area contributed by atoms with E-state index in [0.29, 0.717) is 21.3 Å². The third-order valence-electron chi connectivity index (χ3n) is 3.64. The molecule has 6 nitrogen and oxygen atoms in total. The predicted octanol–water partition coefficient (Wildman–Crippen LogP) is 3.97. The molecule has 3 rings (SSSR count). The van der Waals surface area contributed by atoms with E-state index in [1.165, 1.54) is 24.4 Å². The Bertz CT molecular complexity index is 1050. The first-order chi connectivity index (χ1) is 13.0. The van der Waals surface area contributed by atoms with Gasteiger partial charge in [-0.15, -0.1) is 0 Å². The summed E-state index contributed by atoms with van der Waals surface area (Å²) in [6.07, 6.45) is 3.06. The van der Waals surface area contributed by atoms with Crippen molar-refractivity contribution in [3.05, 3.63) is 75.6 Å². The molecular formula is C19H10Cl2N3O3-. The van der Waals surface area contributed by atoms with Crippen molar-refractivity contribution in [1.29, 1.82) is 5.26 Å². The number of aromatic carboxylic acids is 1. The smallest absolute Gasteiger partial charge is 0.179 e. The van der Waals surface area contributed by atoms with Crippen molar-refractivity contribution in [2.45, 2.75) is 0 Å². The van der Waals surface area contributed by atoms with Gasteiger partial charge in [-0.05, 0) is 29.8 Å². The topological polar surface area (TPSA) is 102 Å². The van der Waals surface area contributed by atoms with Crippen LogP contribution in [0.4, 0.5) is 5.69 Å². The Balaban J connectivity index is 1.84. The second kappa shape index (κ2) is 7.96. The van der Waals surface area contributed by atoms with Crippen LogP contribution < -0.4 is 10.4 Å². The molecule has 0 amide bonds. The summed E-state index contributed by atoms with van der Waals surface area (Å²) in [4.78, 5) is 10.7. The van der Waals surface area contributed by atoms with E-state index in [4.69, 9.17) is 27.7 Å². The number of hydrogen-bond donors (Lipinski definition) is 1. The van der Waals surface area contributed by atoms with Crippen LogP contribution in [0.1, 0.15) is 21.7 Å². The lowest BCUT2D eigenvalue weighted by Crippen LogP contribution is -2.21. The van der Waals surface area contributed by atoms with Gasteiger partial charge in [0, 0.05) is 23.5 Å². The predicted molar refractivity (Wildman–Crippen MR) is 100 cm³/mol. The maximum atomic E-state index is 10.7. The highest BCUT2D eigenvalue weighted by molar-refractivity contribution is 6.39.